The van der Waals surface area contributed by atoms with Gasteiger partial charge in [-0.1, -0.05) is 18.6 Å². The van der Waals surface area contributed by atoms with Gasteiger partial charge in [0.2, 0.25) is 5.91 Å². The van der Waals surface area contributed by atoms with Crippen LogP contribution in [0.25, 0.3) is 0 Å². The third-order valence-corrected chi connectivity index (χ3v) is 3.27. The zero-order valence-electron chi connectivity index (χ0n) is 9.57. The van der Waals surface area contributed by atoms with Crippen molar-refractivity contribution < 1.29 is 4.79 Å². The van der Waals surface area contributed by atoms with Crippen molar-refractivity contribution in [1.29, 1.82) is 0 Å². The third kappa shape index (κ3) is 2.35. The maximum atomic E-state index is 11.7. The molecule has 0 bridgehead atoms. The summed E-state index contributed by atoms with van der Waals surface area (Å²) in [7, 11) is 0. The normalized spacial score (nSPS) is 17.6. The van der Waals surface area contributed by atoms with E-state index in [0.717, 1.165) is 24.1 Å². The van der Waals surface area contributed by atoms with Gasteiger partial charge in [0.15, 0.2) is 0 Å². The molecule has 0 aliphatic heterocycles. The Bertz CT molecular complexity index is 368. The fourth-order valence-electron chi connectivity index (χ4n) is 1.87. The van der Waals surface area contributed by atoms with Crippen molar-refractivity contribution in [2.75, 3.05) is 5.73 Å². The predicted molar refractivity (Wildman–Crippen MR) is 64.8 cm³/mol. The highest BCUT2D eigenvalue weighted by Crippen LogP contribution is 2.27. The number of rotatable bonds is 3. The fraction of sp³-hybridized carbons (Fsp3) is 0.462. The molecule has 1 unspecified atom stereocenters. The summed E-state index contributed by atoms with van der Waals surface area (Å²) < 4.78 is 0. The number of amides is 1. The summed E-state index contributed by atoms with van der Waals surface area (Å²) in [6.07, 6.45) is 3.27. The Balaban J connectivity index is 1.94. The first-order chi connectivity index (χ1) is 7.66. The number of nitrogens with two attached hydrogens (primary N) is 1. The molecule has 1 aromatic carbocycles. The molecule has 1 amide bonds. The monoisotopic (exact) mass is 218 g/mol. The minimum atomic E-state index is 0.0636. The Morgan fingerprint density at radius 1 is 1.38 bits per heavy atom. The minimum Gasteiger partial charge on any atom is -0.399 e. The van der Waals surface area contributed by atoms with Crippen LogP contribution < -0.4 is 11.1 Å². The number of hydrogen-bond acceptors (Lipinski definition) is 2. The first-order valence-electron chi connectivity index (χ1n) is 5.82. The third-order valence-electron chi connectivity index (χ3n) is 3.27. The molecule has 3 heteroatoms. The largest absolute Gasteiger partial charge is 0.399 e. The van der Waals surface area contributed by atoms with Crippen LogP contribution in [0.15, 0.2) is 24.3 Å². The van der Waals surface area contributed by atoms with Crippen LogP contribution in [0.3, 0.4) is 0 Å². The van der Waals surface area contributed by atoms with Crippen molar-refractivity contribution in [2.24, 2.45) is 5.92 Å². The Morgan fingerprint density at radius 2 is 2.00 bits per heavy atom. The van der Waals surface area contributed by atoms with Gasteiger partial charge in [-0.05, 0) is 37.5 Å². The van der Waals surface area contributed by atoms with E-state index < -0.39 is 0 Å². The van der Waals surface area contributed by atoms with Crippen LogP contribution in [-0.4, -0.2) is 5.91 Å². The molecule has 16 heavy (non-hydrogen) atoms. The molecule has 0 heterocycles. The second kappa shape index (κ2) is 4.56. The summed E-state index contributed by atoms with van der Waals surface area (Å²) >= 11 is 0. The van der Waals surface area contributed by atoms with Gasteiger partial charge in [-0.2, -0.15) is 0 Å². The van der Waals surface area contributed by atoms with E-state index in [1.807, 2.05) is 31.2 Å². The first kappa shape index (κ1) is 11.0. The summed E-state index contributed by atoms with van der Waals surface area (Å²) in [6, 6.07) is 7.71. The highest BCUT2D eigenvalue weighted by atomic mass is 16.1. The quantitative estimate of drug-likeness (QED) is 0.764. The van der Waals surface area contributed by atoms with Gasteiger partial charge < -0.3 is 11.1 Å². The zero-order chi connectivity index (χ0) is 11.5. The summed E-state index contributed by atoms with van der Waals surface area (Å²) in [5.41, 5.74) is 7.47. The van der Waals surface area contributed by atoms with Crippen LogP contribution >= 0.6 is 0 Å². The molecule has 3 nitrogen and oxygen atoms in total. The fourth-order valence-corrected chi connectivity index (χ4v) is 1.87. The molecule has 2 rings (SSSR count). The van der Waals surface area contributed by atoms with Crippen molar-refractivity contribution in [2.45, 2.75) is 32.2 Å². The van der Waals surface area contributed by atoms with Gasteiger partial charge in [-0.15, -0.1) is 0 Å². The lowest BCUT2D eigenvalue weighted by Gasteiger charge is -2.26. The Labute approximate surface area is 96.0 Å². The molecule has 0 saturated heterocycles. The van der Waals surface area contributed by atoms with Crippen LogP contribution in [0, 0.1) is 5.92 Å². The summed E-state index contributed by atoms with van der Waals surface area (Å²) in [5, 5.41) is 3.04. The van der Waals surface area contributed by atoms with Crippen LogP contribution in [0.4, 0.5) is 5.69 Å². The molecule has 1 atom stereocenters. The van der Waals surface area contributed by atoms with Gasteiger partial charge in [-0.25, -0.2) is 0 Å². The average Bonchev–Trinajstić information content (AvgIpc) is 2.15. The second-order valence-corrected chi connectivity index (χ2v) is 4.52. The van der Waals surface area contributed by atoms with Crippen molar-refractivity contribution in [1.82, 2.24) is 5.32 Å². The molecule has 1 aliphatic rings. The van der Waals surface area contributed by atoms with Gasteiger partial charge in [0, 0.05) is 11.6 Å². The molecule has 1 aliphatic carbocycles. The number of benzene rings is 1. The summed E-state index contributed by atoms with van der Waals surface area (Å²) in [6.45, 7) is 2.00. The maximum absolute atomic E-state index is 11.7. The minimum absolute atomic E-state index is 0.0636. The number of carbonyl (C=O) groups is 1. The molecule has 0 spiro atoms. The van der Waals surface area contributed by atoms with Gasteiger partial charge in [0.05, 0.1) is 6.04 Å². The van der Waals surface area contributed by atoms with Gasteiger partial charge in [-0.3, -0.25) is 4.79 Å². The molecule has 0 radical (unpaired) electrons. The Morgan fingerprint density at radius 3 is 2.50 bits per heavy atom. The average molecular weight is 218 g/mol. The molecule has 3 N–H and O–H groups in total. The Kier molecular flexibility index (Phi) is 3.13. The van der Waals surface area contributed by atoms with Gasteiger partial charge in [0.1, 0.15) is 0 Å². The summed E-state index contributed by atoms with van der Waals surface area (Å²) in [4.78, 5) is 11.7. The maximum Gasteiger partial charge on any atom is 0.223 e. The number of nitrogens with one attached hydrogen (secondary N) is 1. The van der Waals surface area contributed by atoms with E-state index in [2.05, 4.69) is 5.32 Å². The van der Waals surface area contributed by atoms with E-state index in [9.17, 15) is 4.79 Å². The van der Waals surface area contributed by atoms with Crippen molar-refractivity contribution >= 4 is 11.6 Å². The van der Waals surface area contributed by atoms with E-state index in [1.165, 1.54) is 6.42 Å². The van der Waals surface area contributed by atoms with Crippen LogP contribution in [0.5, 0.6) is 0 Å². The standard InChI is InChI=1S/C13H18N2O/c1-9(10-5-7-12(14)8-6-10)15-13(16)11-3-2-4-11/h5-9,11H,2-4,14H2,1H3,(H,15,16). The number of carbonyl (C=O) groups excluding carboxylic acids is 1. The number of anilines is 1. The lowest BCUT2D eigenvalue weighted by atomic mass is 9.84. The highest BCUT2D eigenvalue weighted by molar-refractivity contribution is 5.79. The molecule has 1 saturated carbocycles. The molecular weight excluding hydrogens is 200 g/mol. The topological polar surface area (TPSA) is 55.1 Å². The zero-order valence-corrected chi connectivity index (χ0v) is 9.57. The lowest BCUT2D eigenvalue weighted by Crippen LogP contribution is -2.35. The number of hydrogen-bond donors (Lipinski definition) is 2. The molecule has 86 valence electrons. The van der Waals surface area contributed by atoms with E-state index in [-0.39, 0.29) is 17.9 Å². The second-order valence-electron chi connectivity index (χ2n) is 4.52. The molecular formula is C13H18N2O. The van der Waals surface area contributed by atoms with Gasteiger partial charge >= 0.3 is 0 Å². The van der Waals surface area contributed by atoms with Crippen LogP contribution in [0.2, 0.25) is 0 Å². The lowest BCUT2D eigenvalue weighted by molar-refractivity contribution is -0.128. The van der Waals surface area contributed by atoms with Crippen LogP contribution in [0.1, 0.15) is 37.8 Å². The predicted octanol–water partition coefficient (Wildman–Crippen LogP) is 2.25. The smallest absolute Gasteiger partial charge is 0.223 e. The first-order valence-corrected chi connectivity index (χ1v) is 5.82. The van der Waals surface area contributed by atoms with Gasteiger partial charge in [0.25, 0.3) is 0 Å². The SMILES string of the molecule is CC(NC(=O)C1CCC1)c1ccc(N)cc1. The van der Waals surface area contributed by atoms with E-state index in [4.69, 9.17) is 5.73 Å². The van der Waals surface area contributed by atoms with E-state index in [0.29, 0.717) is 0 Å². The van der Waals surface area contributed by atoms with E-state index in [1.54, 1.807) is 0 Å². The number of nitrogen functional groups attached to an aromatic ring is 1. The van der Waals surface area contributed by atoms with Crippen molar-refractivity contribution in [3.63, 3.8) is 0 Å². The van der Waals surface area contributed by atoms with Crippen LogP contribution in [-0.2, 0) is 4.79 Å². The summed E-state index contributed by atoms with van der Waals surface area (Å²) in [5.74, 6) is 0.437. The highest BCUT2D eigenvalue weighted by Gasteiger charge is 2.26. The Hall–Kier alpha value is -1.51. The molecule has 1 fully saturated rings. The van der Waals surface area contributed by atoms with Crippen molar-refractivity contribution in [3.05, 3.63) is 29.8 Å². The molecule has 0 aromatic heterocycles. The van der Waals surface area contributed by atoms with E-state index >= 15 is 0 Å². The molecule has 1 aromatic rings. The van der Waals surface area contributed by atoms with Crippen molar-refractivity contribution in [3.8, 4) is 0 Å².